The maximum Gasteiger partial charge on any atom is 0.282 e. The monoisotopic (exact) mass is 363 g/mol. The van der Waals surface area contributed by atoms with Crippen LogP contribution in [0.15, 0.2) is 18.3 Å². The van der Waals surface area contributed by atoms with E-state index in [1.165, 1.54) is 4.31 Å². The lowest BCUT2D eigenvalue weighted by Crippen LogP contribution is -2.48. The first kappa shape index (κ1) is 16.7. The fourth-order valence-electron chi connectivity index (χ4n) is 3.91. The van der Waals surface area contributed by atoms with Gasteiger partial charge in [-0.1, -0.05) is 0 Å². The van der Waals surface area contributed by atoms with Gasteiger partial charge >= 0.3 is 0 Å². The molecule has 4 heterocycles. The SMILES string of the molecule is N#Cc1ccc(N2CC3CN(S(=O)(=O)N4CCOCC4)CC3C2)nc1. The van der Waals surface area contributed by atoms with E-state index < -0.39 is 10.2 Å². The Hall–Kier alpha value is -1.73. The minimum atomic E-state index is -3.38. The summed E-state index contributed by atoms with van der Waals surface area (Å²) in [7, 11) is -3.38. The lowest BCUT2D eigenvalue weighted by atomic mass is 10.0. The lowest BCUT2D eigenvalue weighted by molar-refractivity contribution is 0.0705. The maximum atomic E-state index is 12.8. The molecule has 25 heavy (non-hydrogen) atoms. The molecule has 0 amide bonds. The Morgan fingerprint density at radius 2 is 1.76 bits per heavy atom. The number of rotatable bonds is 3. The summed E-state index contributed by atoms with van der Waals surface area (Å²) in [6, 6.07) is 5.70. The van der Waals surface area contributed by atoms with Crippen LogP contribution in [0.1, 0.15) is 5.56 Å². The van der Waals surface area contributed by atoms with Gasteiger partial charge in [0.15, 0.2) is 0 Å². The third-order valence-corrected chi connectivity index (χ3v) is 7.24. The van der Waals surface area contributed by atoms with Gasteiger partial charge in [-0.3, -0.25) is 0 Å². The molecular weight excluding hydrogens is 342 g/mol. The predicted molar refractivity (Wildman–Crippen MR) is 91.0 cm³/mol. The zero-order chi connectivity index (χ0) is 17.4. The number of fused-ring (bicyclic) bond motifs is 1. The summed E-state index contributed by atoms with van der Waals surface area (Å²) in [4.78, 5) is 6.54. The number of ether oxygens (including phenoxy) is 1. The summed E-state index contributed by atoms with van der Waals surface area (Å²) in [5, 5.41) is 8.86. The molecule has 0 radical (unpaired) electrons. The highest BCUT2D eigenvalue weighted by Crippen LogP contribution is 2.35. The van der Waals surface area contributed by atoms with Crippen molar-refractivity contribution < 1.29 is 13.2 Å². The first-order valence-electron chi connectivity index (χ1n) is 8.52. The van der Waals surface area contributed by atoms with Crippen LogP contribution < -0.4 is 4.90 Å². The Labute approximate surface area is 147 Å². The first-order chi connectivity index (χ1) is 12.1. The number of hydrogen-bond acceptors (Lipinski definition) is 6. The Morgan fingerprint density at radius 1 is 1.08 bits per heavy atom. The Balaban J connectivity index is 1.41. The molecule has 0 aromatic carbocycles. The number of pyridine rings is 1. The molecule has 1 aromatic rings. The van der Waals surface area contributed by atoms with E-state index in [-0.39, 0.29) is 0 Å². The molecule has 134 valence electrons. The van der Waals surface area contributed by atoms with E-state index in [4.69, 9.17) is 10.00 Å². The van der Waals surface area contributed by atoms with Gasteiger partial charge in [-0.2, -0.15) is 22.3 Å². The molecule has 3 fully saturated rings. The summed E-state index contributed by atoms with van der Waals surface area (Å²) in [6.45, 7) is 4.56. The van der Waals surface area contributed by atoms with Crippen molar-refractivity contribution in [2.24, 2.45) is 11.8 Å². The minimum absolute atomic E-state index is 0.327. The quantitative estimate of drug-likeness (QED) is 0.745. The van der Waals surface area contributed by atoms with Crippen LogP contribution in [0.2, 0.25) is 0 Å². The largest absolute Gasteiger partial charge is 0.379 e. The molecule has 2 atom stereocenters. The van der Waals surface area contributed by atoms with Crippen molar-refractivity contribution in [1.82, 2.24) is 13.6 Å². The molecule has 0 bridgehead atoms. The summed E-state index contributed by atoms with van der Waals surface area (Å²) in [5.41, 5.74) is 0.547. The van der Waals surface area contributed by atoms with Crippen LogP contribution >= 0.6 is 0 Å². The van der Waals surface area contributed by atoms with Crippen molar-refractivity contribution in [3.8, 4) is 6.07 Å². The molecular formula is C16H21N5O3S. The molecule has 0 aliphatic carbocycles. The Bertz CT molecular complexity index is 756. The standard InChI is InChI=1S/C16H21N5O3S/c17-7-13-1-2-16(18-8-13)19-9-14-11-21(12-15(14)10-19)25(22,23)20-3-5-24-6-4-20/h1-2,8,14-15H,3-6,9-12H2. The number of morpholine rings is 1. The van der Waals surface area contributed by atoms with Crippen LogP contribution in [0.5, 0.6) is 0 Å². The average molecular weight is 363 g/mol. The van der Waals surface area contributed by atoms with Gasteiger partial charge in [0.1, 0.15) is 11.9 Å². The van der Waals surface area contributed by atoms with Crippen LogP contribution in [0.3, 0.4) is 0 Å². The van der Waals surface area contributed by atoms with Gasteiger partial charge in [0, 0.05) is 45.5 Å². The number of anilines is 1. The molecule has 9 heteroatoms. The average Bonchev–Trinajstić information content (AvgIpc) is 3.22. The van der Waals surface area contributed by atoms with E-state index in [0.717, 1.165) is 18.9 Å². The molecule has 3 aliphatic rings. The summed E-state index contributed by atoms with van der Waals surface area (Å²) in [6.07, 6.45) is 1.58. The molecule has 3 saturated heterocycles. The van der Waals surface area contributed by atoms with Crippen molar-refractivity contribution in [1.29, 1.82) is 5.26 Å². The van der Waals surface area contributed by atoms with Gasteiger partial charge in [-0.15, -0.1) is 0 Å². The van der Waals surface area contributed by atoms with E-state index in [1.807, 2.05) is 6.07 Å². The Morgan fingerprint density at radius 3 is 2.32 bits per heavy atom. The summed E-state index contributed by atoms with van der Waals surface area (Å²) in [5.74, 6) is 1.51. The number of aromatic nitrogens is 1. The van der Waals surface area contributed by atoms with Gasteiger partial charge in [0.25, 0.3) is 10.2 Å². The van der Waals surface area contributed by atoms with Crippen molar-refractivity contribution >= 4 is 16.0 Å². The van der Waals surface area contributed by atoms with Crippen molar-refractivity contribution in [3.63, 3.8) is 0 Å². The van der Waals surface area contributed by atoms with Crippen LogP contribution in [0, 0.1) is 23.2 Å². The van der Waals surface area contributed by atoms with Crippen LogP contribution in [-0.2, 0) is 14.9 Å². The van der Waals surface area contributed by atoms with Crippen molar-refractivity contribution in [3.05, 3.63) is 23.9 Å². The molecule has 4 rings (SSSR count). The third-order valence-electron chi connectivity index (χ3n) is 5.28. The van der Waals surface area contributed by atoms with Gasteiger partial charge in [-0.05, 0) is 24.0 Å². The van der Waals surface area contributed by atoms with E-state index in [0.29, 0.717) is 56.8 Å². The molecule has 0 N–H and O–H groups in total. The van der Waals surface area contributed by atoms with Crippen molar-refractivity contribution in [2.75, 3.05) is 57.4 Å². The fraction of sp³-hybridized carbons (Fsp3) is 0.625. The van der Waals surface area contributed by atoms with Gasteiger partial charge < -0.3 is 9.64 Å². The van der Waals surface area contributed by atoms with Gasteiger partial charge in [-0.25, -0.2) is 4.98 Å². The van der Waals surface area contributed by atoms with Crippen molar-refractivity contribution in [2.45, 2.75) is 0 Å². The second-order valence-corrected chi connectivity index (χ2v) is 8.71. The molecule has 8 nitrogen and oxygen atoms in total. The fourth-order valence-corrected chi connectivity index (χ4v) is 5.60. The van der Waals surface area contributed by atoms with Crippen LogP contribution in [0.4, 0.5) is 5.82 Å². The van der Waals surface area contributed by atoms with Crippen LogP contribution in [0.25, 0.3) is 0 Å². The van der Waals surface area contributed by atoms with Gasteiger partial charge in [0.2, 0.25) is 0 Å². The Kier molecular flexibility index (Phi) is 4.37. The van der Waals surface area contributed by atoms with Gasteiger partial charge in [0.05, 0.1) is 18.8 Å². The van der Waals surface area contributed by atoms with E-state index in [1.54, 1.807) is 16.6 Å². The second-order valence-electron chi connectivity index (χ2n) is 6.78. The van der Waals surface area contributed by atoms with Crippen LogP contribution in [-0.4, -0.2) is 74.5 Å². The molecule has 1 aromatic heterocycles. The molecule has 0 spiro atoms. The minimum Gasteiger partial charge on any atom is -0.379 e. The third kappa shape index (κ3) is 3.11. The number of hydrogen-bond donors (Lipinski definition) is 0. The lowest BCUT2D eigenvalue weighted by Gasteiger charge is -2.31. The van der Waals surface area contributed by atoms with E-state index in [9.17, 15) is 8.42 Å². The zero-order valence-corrected chi connectivity index (χ0v) is 14.7. The van der Waals surface area contributed by atoms with E-state index >= 15 is 0 Å². The van der Waals surface area contributed by atoms with E-state index in [2.05, 4.69) is 16.0 Å². The highest BCUT2D eigenvalue weighted by atomic mass is 32.2. The first-order valence-corrected chi connectivity index (χ1v) is 9.91. The topological polar surface area (TPSA) is 89.8 Å². The highest BCUT2D eigenvalue weighted by molar-refractivity contribution is 7.86. The normalized spacial score (nSPS) is 28.0. The maximum absolute atomic E-state index is 12.8. The summed E-state index contributed by atoms with van der Waals surface area (Å²) >= 11 is 0. The smallest absolute Gasteiger partial charge is 0.282 e. The molecule has 0 saturated carbocycles. The highest BCUT2D eigenvalue weighted by Gasteiger charge is 2.45. The summed E-state index contributed by atoms with van der Waals surface area (Å²) < 4.78 is 34.0. The number of nitrogens with zero attached hydrogens (tertiary/aromatic N) is 5. The second kappa shape index (κ2) is 6.53. The number of nitriles is 1. The zero-order valence-electron chi connectivity index (χ0n) is 13.9. The molecule has 3 aliphatic heterocycles. The molecule has 2 unspecified atom stereocenters. The predicted octanol–water partition coefficient (Wildman–Crippen LogP) is -0.102.